The van der Waals surface area contributed by atoms with Crippen molar-refractivity contribution in [2.24, 2.45) is 4.99 Å². The first-order chi connectivity index (χ1) is 14.5. The van der Waals surface area contributed by atoms with Gasteiger partial charge in [0.15, 0.2) is 0 Å². The van der Waals surface area contributed by atoms with Crippen molar-refractivity contribution in [3.05, 3.63) is 59.7 Å². The molecule has 1 amide bonds. The smallest absolute Gasteiger partial charge is 0.336 e. The zero-order valence-electron chi connectivity index (χ0n) is 17.4. The SMILES string of the molecule is CCCCC1=NC2(CCCC2)C(=O)N1Cc1ccc(-c2ccccc2C(=O)O)cc1. The van der Waals surface area contributed by atoms with Gasteiger partial charge >= 0.3 is 5.97 Å². The number of hydrogen-bond acceptors (Lipinski definition) is 3. The second-order valence-corrected chi connectivity index (χ2v) is 8.31. The highest BCUT2D eigenvalue weighted by atomic mass is 16.4. The maximum Gasteiger partial charge on any atom is 0.336 e. The van der Waals surface area contributed by atoms with Gasteiger partial charge in [-0.2, -0.15) is 0 Å². The zero-order valence-corrected chi connectivity index (χ0v) is 17.4. The molecule has 0 bridgehead atoms. The number of unbranched alkanes of at least 4 members (excludes halogenated alkanes) is 1. The van der Waals surface area contributed by atoms with Crippen LogP contribution in [0.4, 0.5) is 0 Å². The summed E-state index contributed by atoms with van der Waals surface area (Å²) in [5.41, 5.74) is 2.36. The Balaban J connectivity index is 1.56. The van der Waals surface area contributed by atoms with Crippen LogP contribution in [0.1, 0.15) is 67.8 Å². The number of carbonyl (C=O) groups excluding carboxylic acids is 1. The molecule has 5 nitrogen and oxygen atoms in total. The summed E-state index contributed by atoms with van der Waals surface area (Å²) in [6.07, 6.45) is 6.82. The lowest BCUT2D eigenvalue weighted by atomic mass is 9.97. The van der Waals surface area contributed by atoms with E-state index >= 15 is 0 Å². The van der Waals surface area contributed by atoms with E-state index in [2.05, 4.69) is 6.92 Å². The van der Waals surface area contributed by atoms with E-state index < -0.39 is 11.5 Å². The maximum absolute atomic E-state index is 13.3. The van der Waals surface area contributed by atoms with E-state index in [9.17, 15) is 14.7 Å². The van der Waals surface area contributed by atoms with Crippen LogP contribution in [0.15, 0.2) is 53.5 Å². The highest BCUT2D eigenvalue weighted by Crippen LogP contribution is 2.40. The standard InChI is InChI=1S/C25H28N2O3/c1-2-3-10-22-26-25(15-6-7-16-25)24(30)27(22)17-18-11-13-19(14-12-18)20-8-4-5-9-21(20)23(28)29/h4-5,8-9,11-14H,2-3,6-7,10,15-17H2,1H3,(H,28,29). The summed E-state index contributed by atoms with van der Waals surface area (Å²) < 4.78 is 0. The molecule has 4 rings (SSSR count). The Hall–Kier alpha value is -2.95. The molecule has 1 N–H and O–H groups in total. The highest BCUT2D eigenvalue weighted by Gasteiger charge is 2.49. The molecule has 0 aromatic heterocycles. The van der Waals surface area contributed by atoms with Crippen molar-refractivity contribution in [3.63, 3.8) is 0 Å². The Morgan fingerprint density at radius 1 is 1.10 bits per heavy atom. The maximum atomic E-state index is 13.3. The van der Waals surface area contributed by atoms with Crippen molar-refractivity contribution in [1.29, 1.82) is 0 Å². The molecule has 30 heavy (non-hydrogen) atoms. The van der Waals surface area contributed by atoms with Crippen molar-refractivity contribution < 1.29 is 14.7 Å². The van der Waals surface area contributed by atoms with Crippen molar-refractivity contribution in [1.82, 2.24) is 4.90 Å². The normalized spacial score (nSPS) is 17.6. The number of nitrogens with zero attached hydrogens (tertiary/aromatic N) is 2. The van der Waals surface area contributed by atoms with E-state index in [0.717, 1.165) is 61.9 Å². The molecule has 2 aliphatic rings. The second kappa shape index (κ2) is 8.42. The highest BCUT2D eigenvalue weighted by molar-refractivity contribution is 6.08. The lowest BCUT2D eigenvalue weighted by Crippen LogP contribution is -2.40. The number of benzene rings is 2. The average Bonchev–Trinajstić information content (AvgIpc) is 3.33. The van der Waals surface area contributed by atoms with Crippen molar-refractivity contribution in [2.75, 3.05) is 0 Å². The van der Waals surface area contributed by atoms with Gasteiger partial charge in [0.25, 0.3) is 5.91 Å². The molecule has 5 heteroatoms. The first kappa shape index (κ1) is 20.3. The van der Waals surface area contributed by atoms with E-state index in [0.29, 0.717) is 12.1 Å². The fourth-order valence-electron chi connectivity index (χ4n) is 4.59. The molecule has 1 spiro atoms. The number of carboxylic acids is 1. The Kier molecular flexibility index (Phi) is 5.71. The van der Waals surface area contributed by atoms with Crippen LogP contribution in [0.5, 0.6) is 0 Å². The summed E-state index contributed by atoms with van der Waals surface area (Å²) in [4.78, 5) is 31.6. The molecule has 2 aromatic carbocycles. The molecular weight excluding hydrogens is 376 g/mol. The average molecular weight is 405 g/mol. The largest absolute Gasteiger partial charge is 0.478 e. The Morgan fingerprint density at radius 2 is 1.80 bits per heavy atom. The first-order valence-corrected chi connectivity index (χ1v) is 10.9. The lowest BCUT2D eigenvalue weighted by molar-refractivity contribution is -0.131. The van der Waals surface area contributed by atoms with Gasteiger partial charge in [0.1, 0.15) is 11.4 Å². The molecule has 0 unspecified atom stereocenters. The predicted octanol–water partition coefficient (Wildman–Crippen LogP) is 5.30. The van der Waals surface area contributed by atoms with Crippen molar-refractivity contribution in [2.45, 2.75) is 64.0 Å². The number of carboxylic acid groups (broad SMARTS) is 1. The number of aromatic carboxylic acids is 1. The Bertz CT molecular complexity index is 972. The van der Waals surface area contributed by atoms with Gasteiger partial charge in [-0.05, 0) is 42.0 Å². The fourth-order valence-corrected chi connectivity index (χ4v) is 4.59. The topological polar surface area (TPSA) is 70.0 Å². The zero-order chi connectivity index (χ0) is 21.1. The van der Waals surface area contributed by atoms with Gasteiger partial charge < -0.3 is 5.11 Å². The van der Waals surface area contributed by atoms with Crippen molar-refractivity contribution >= 4 is 17.7 Å². The van der Waals surface area contributed by atoms with Gasteiger partial charge in [-0.3, -0.25) is 14.7 Å². The number of rotatable bonds is 7. The van der Waals surface area contributed by atoms with E-state index in [-0.39, 0.29) is 11.5 Å². The lowest BCUT2D eigenvalue weighted by Gasteiger charge is -2.23. The third-order valence-corrected chi connectivity index (χ3v) is 6.25. The van der Waals surface area contributed by atoms with Crippen LogP contribution in [0.2, 0.25) is 0 Å². The van der Waals surface area contributed by atoms with Crippen LogP contribution in [-0.2, 0) is 11.3 Å². The Labute approximate surface area is 177 Å². The monoisotopic (exact) mass is 404 g/mol. The summed E-state index contributed by atoms with van der Waals surface area (Å²) in [7, 11) is 0. The second-order valence-electron chi connectivity index (χ2n) is 8.31. The minimum Gasteiger partial charge on any atom is -0.478 e. The summed E-state index contributed by atoms with van der Waals surface area (Å²) in [5, 5.41) is 9.44. The van der Waals surface area contributed by atoms with E-state index in [1.165, 1.54) is 0 Å². The minimum atomic E-state index is -0.934. The number of carbonyl (C=O) groups is 2. The third kappa shape index (κ3) is 3.76. The molecule has 1 saturated carbocycles. The quantitative estimate of drug-likeness (QED) is 0.681. The molecule has 1 fully saturated rings. The number of amidine groups is 1. The van der Waals surface area contributed by atoms with Gasteiger partial charge in [0, 0.05) is 6.42 Å². The van der Waals surface area contributed by atoms with Gasteiger partial charge in [0.05, 0.1) is 12.1 Å². The van der Waals surface area contributed by atoms with Crippen LogP contribution in [-0.4, -0.2) is 33.3 Å². The number of amides is 1. The van der Waals surface area contributed by atoms with Crippen LogP contribution < -0.4 is 0 Å². The molecule has 0 radical (unpaired) electrons. The van der Waals surface area contributed by atoms with Crippen LogP contribution >= 0.6 is 0 Å². The molecule has 2 aromatic rings. The predicted molar refractivity (Wildman–Crippen MR) is 118 cm³/mol. The third-order valence-electron chi connectivity index (χ3n) is 6.25. The van der Waals surface area contributed by atoms with E-state index in [4.69, 9.17) is 4.99 Å². The summed E-state index contributed by atoms with van der Waals surface area (Å²) in [6, 6.07) is 14.9. The number of aliphatic imine (C=N–C) groups is 1. The molecule has 1 heterocycles. The molecule has 1 aliphatic heterocycles. The molecule has 1 aliphatic carbocycles. The van der Waals surface area contributed by atoms with E-state index in [1.54, 1.807) is 12.1 Å². The van der Waals surface area contributed by atoms with Gasteiger partial charge in [0.2, 0.25) is 0 Å². The fraction of sp³-hybridized carbons (Fsp3) is 0.400. The first-order valence-electron chi connectivity index (χ1n) is 10.9. The van der Waals surface area contributed by atoms with Crippen LogP contribution in [0.25, 0.3) is 11.1 Å². The van der Waals surface area contributed by atoms with Crippen LogP contribution in [0.3, 0.4) is 0 Å². The minimum absolute atomic E-state index is 0.159. The van der Waals surface area contributed by atoms with E-state index in [1.807, 2.05) is 41.3 Å². The van der Waals surface area contributed by atoms with Gasteiger partial charge in [-0.25, -0.2) is 4.79 Å². The van der Waals surface area contributed by atoms with Gasteiger partial charge in [-0.1, -0.05) is 68.7 Å². The number of hydrogen-bond donors (Lipinski definition) is 1. The van der Waals surface area contributed by atoms with Crippen LogP contribution in [0, 0.1) is 0 Å². The molecular formula is C25H28N2O3. The van der Waals surface area contributed by atoms with Crippen molar-refractivity contribution in [3.8, 4) is 11.1 Å². The molecule has 0 atom stereocenters. The summed E-state index contributed by atoms with van der Waals surface area (Å²) in [5.74, 6) is 0.159. The van der Waals surface area contributed by atoms with Gasteiger partial charge in [-0.15, -0.1) is 0 Å². The summed E-state index contributed by atoms with van der Waals surface area (Å²) >= 11 is 0. The molecule has 156 valence electrons. The Morgan fingerprint density at radius 3 is 2.47 bits per heavy atom. The molecule has 0 saturated heterocycles. The summed E-state index contributed by atoms with van der Waals surface area (Å²) in [6.45, 7) is 2.67.